The Balaban J connectivity index is 1.70. The summed E-state index contributed by atoms with van der Waals surface area (Å²) in [6, 6.07) is 4.74. The van der Waals surface area contributed by atoms with Gasteiger partial charge in [0.1, 0.15) is 0 Å². The number of halogens is 3. The van der Waals surface area contributed by atoms with Gasteiger partial charge in [-0.1, -0.05) is 0 Å². The molecule has 0 atom stereocenters. The minimum atomic E-state index is -4.67. The molecule has 0 aromatic heterocycles. The maximum Gasteiger partial charge on any atom is 0.416 e. The van der Waals surface area contributed by atoms with Gasteiger partial charge < -0.3 is 5.32 Å². The maximum absolute atomic E-state index is 13.2. The van der Waals surface area contributed by atoms with Crippen molar-refractivity contribution in [2.75, 3.05) is 4.31 Å². The third-order valence-corrected chi connectivity index (χ3v) is 7.12. The molecule has 1 aromatic rings. The third-order valence-electron chi connectivity index (χ3n) is 6.09. The van der Waals surface area contributed by atoms with Crippen LogP contribution in [0.25, 0.3) is 0 Å². The molecule has 0 aliphatic heterocycles. The second-order valence-electron chi connectivity index (χ2n) is 8.43. The molecule has 150 valence electrons. The summed E-state index contributed by atoms with van der Waals surface area (Å²) in [4.78, 5) is 12.8. The van der Waals surface area contributed by atoms with Crippen molar-refractivity contribution in [1.82, 2.24) is 5.32 Å². The molecule has 0 unspecified atom stereocenters. The molecule has 6 nitrogen and oxygen atoms in total. The first-order chi connectivity index (χ1) is 12.9. The topological polar surface area (TPSA) is 90.3 Å². The predicted octanol–water partition coefficient (Wildman–Crippen LogP) is 2.77. The molecule has 4 aliphatic carbocycles. The second kappa shape index (κ2) is 5.63. The number of nitrogens with one attached hydrogen (secondary N) is 1. The Morgan fingerprint density at radius 3 is 2.32 bits per heavy atom. The highest BCUT2D eigenvalue weighted by Crippen LogP contribution is 2.66. The molecule has 0 heterocycles. The number of carbonyl (C=O) groups excluding carboxylic acids is 1. The lowest BCUT2D eigenvalue weighted by Gasteiger charge is -2.67. The molecule has 1 aromatic carbocycles. The number of nitrogens with zero attached hydrogens (tertiary/aromatic N) is 2. The van der Waals surface area contributed by atoms with Crippen LogP contribution in [0.5, 0.6) is 0 Å². The molecule has 28 heavy (non-hydrogen) atoms. The van der Waals surface area contributed by atoms with E-state index in [2.05, 4.69) is 11.4 Å². The highest BCUT2D eigenvalue weighted by molar-refractivity contribution is 7.74. The highest BCUT2D eigenvalue weighted by atomic mass is 32.2. The summed E-state index contributed by atoms with van der Waals surface area (Å²) in [5.74, 6) is -0.624. The summed E-state index contributed by atoms with van der Waals surface area (Å²) < 4.78 is 64.3. The van der Waals surface area contributed by atoms with Crippen molar-refractivity contribution in [2.45, 2.75) is 56.3 Å². The molecule has 4 saturated carbocycles. The van der Waals surface area contributed by atoms with E-state index in [1.165, 1.54) is 0 Å². The van der Waals surface area contributed by atoms with Crippen molar-refractivity contribution < 1.29 is 26.4 Å². The lowest BCUT2D eigenvalue weighted by Crippen LogP contribution is -2.74. The molecular formula is C18H18F3N3O3S. The summed E-state index contributed by atoms with van der Waals surface area (Å²) in [6.07, 6.45) is -2.13. The van der Waals surface area contributed by atoms with Gasteiger partial charge in [-0.25, -0.2) is 8.42 Å². The number of carbonyl (C=O) groups is 1. The van der Waals surface area contributed by atoms with Gasteiger partial charge in [0.15, 0.2) is 0 Å². The van der Waals surface area contributed by atoms with E-state index in [0.29, 0.717) is 32.1 Å². The van der Waals surface area contributed by atoms with Crippen molar-refractivity contribution >= 4 is 22.5 Å². The summed E-state index contributed by atoms with van der Waals surface area (Å²) in [7, 11) is -3.24. The number of hydrogen-bond acceptors (Lipinski definition) is 4. The van der Waals surface area contributed by atoms with Crippen LogP contribution in [0.4, 0.5) is 18.9 Å². The average molecular weight is 413 g/mol. The Morgan fingerprint density at radius 2 is 1.86 bits per heavy atom. The predicted molar refractivity (Wildman–Crippen MR) is 94.0 cm³/mol. The molecule has 0 spiro atoms. The van der Waals surface area contributed by atoms with E-state index in [9.17, 15) is 26.4 Å². The van der Waals surface area contributed by atoms with Crippen LogP contribution in [0.3, 0.4) is 0 Å². The second-order valence-corrected chi connectivity index (χ2v) is 9.31. The molecule has 4 aliphatic rings. The van der Waals surface area contributed by atoms with Gasteiger partial charge in [-0.15, -0.1) is 0 Å². The van der Waals surface area contributed by atoms with E-state index in [4.69, 9.17) is 5.26 Å². The van der Waals surface area contributed by atoms with Crippen LogP contribution < -0.4 is 9.62 Å². The Hall–Kier alpha value is -2.28. The van der Waals surface area contributed by atoms with Crippen molar-refractivity contribution in [1.29, 1.82) is 5.26 Å². The van der Waals surface area contributed by atoms with Crippen LogP contribution in [0.1, 0.15) is 54.9 Å². The van der Waals surface area contributed by atoms with E-state index >= 15 is 0 Å². The van der Waals surface area contributed by atoms with Crippen LogP contribution in [-0.2, 0) is 17.1 Å². The fourth-order valence-corrected chi connectivity index (χ4v) is 5.33. The minimum Gasteiger partial charge on any atom is -0.346 e. The minimum absolute atomic E-state index is 0.115. The number of hydrogen-bond donors (Lipinski definition) is 2. The summed E-state index contributed by atoms with van der Waals surface area (Å²) in [5, 5.41) is 11.9. The number of anilines is 1. The van der Waals surface area contributed by atoms with Crippen LogP contribution >= 0.6 is 0 Å². The third kappa shape index (κ3) is 2.83. The van der Waals surface area contributed by atoms with Crippen LogP contribution in [0, 0.1) is 16.7 Å². The molecular weight excluding hydrogens is 395 g/mol. The van der Waals surface area contributed by atoms with E-state index in [0.717, 1.165) is 22.5 Å². The van der Waals surface area contributed by atoms with E-state index in [1.807, 2.05) is 0 Å². The normalized spacial score (nSPS) is 29.3. The Morgan fingerprint density at radius 1 is 1.25 bits per heavy atom. The fourth-order valence-electron chi connectivity index (χ4n) is 4.39. The number of benzene rings is 1. The van der Waals surface area contributed by atoms with Gasteiger partial charge in [0.2, 0.25) is 10.9 Å². The molecule has 0 saturated heterocycles. The monoisotopic (exact) mass is 413 g/mol. The Labute approximate surface area is 161 Å². The number of thiol groups is 1. The smallest absolute Gasteiger partial charge is 0.346 e. The quantitative estimate of drug-likeness (QED) is 0.727. The van der Waals surface area contributed by atoms with Crippen LogP contribution in [-0.4, -0.2) is 25.4 Å². The molecule has 1 N–H and O–H groups in total. The van der Waals surface area contributed by atoms with Crippen molar-refractivity contribution in [3.05, 3.63) is 29.3 Å². The zero-order valence-corrected chi connectivity index (χ0v) is 15.9. The highest BCUT2D eigenvalue weighted by Gasteiger charge is 2.69. The maximum atomic E-state index is 13.2. The molecule has 5 rings (SSSR count). The molecule has 0 radical (unpaired) electrons. The number of amides is 1. The van der Waals surface area contributed by atoms with Crippen molar-refractivity contribution in [3.63, 3.8) is 0 Å². The molecule has 2 bridgehead atoms. The Bertz CT molecular complexity index is 964. The van der Waals surface area contributed by atoms with Gasteiger partial charge >= 0.3 is 6.18 Å². The van der Waals surface area contributed by atoms with Crippen LogP contribution in [0.2, 0.25) is 0 Å². The number of nitriles is 1. The fraction of sp³-hybridized carbons (Fsp3) is 0.556. The van der Waals surface area contributed by atoms with Gasteiger partial charge in [-0.3, -0.25) is 9.10 Å². The first-order valence-electron chi connectivity index (χ1n) is 8.82. The molecule has 10 heteroatoms. The summed E-state index contributed by atoms with van der Waals surface area (Å²) in [6.45, 7) is 1.64. The molecule has 4 fully saturated rings. The van der Waals surface area contributed by atoms with Gasteiger partial charge in [0.25, 0.3) is 5.91 Å². The largest absolute Gasteiger partial charge is 0.416 e. The average Bonchev–Trinajstić information content (AvgIpc) is 3.26. The van der Waals surface area contributed by atoms with Gasteiger partial charge in [0, 0.05) is 5.54 Å². The van der Waals surface area contributed by atoms with E-state index in [1.54, 1.807) is 6.92 Å². The lowest BCUT2D eigenvalue weighted by molar-refractivity contribution is -0.137. The summed E-state index contributed by atoms with van der Waals surface area (Å²) in [5.41, 5.74) is -3.13. The number of alkyl halides is 3. The van der Waals surface area contributed by atoms with Gasteiger partial charge in [-0.05, 0) is 57.2 Å². The van der Waals surface area contributed by atoms with Gasteiger partial charge in [-0.2, -0.15) is 18.4 Å². The Kier molecular flexibility index (Phi) is 3.83. The zero-order chi connectivity index (χ0) is 20.5. The van der Waals surface area contributed by atoms with Crippen LogP contribution in [0.15, 0.2) is 18.2 Å². The van der Waals surface area contributed by atoms with E-state index < -0.39 is 45.0 Å². The van der Waals surface area contributed by atoms with Gasteiger partial charge in [0.05, 0.1) is 33.8 Å². The van der Waals surface area contributed by atoms with Crippen molar-refractivity contribution in [2.24, 2.45) is 5.41 Å². The van der Waals surface area contributed by atoms with E-state index in [-0.39, 0.29) is 11.3 Å². The first kappa shape index (κ1) is 19.1. The number of rotatable bonds is 5. The summed E-state index contributed by atoms with van der Waals surface area (Å²) >= 11 is 0. The first-order valence-corrected chi connectivity index (χ1v) is 9.95. The molecule has 1 amide bonds. The van der Waals surface area contributed by atoms with Crippen molar-refractivity contribution in [3.8, 4) is 6.07 Å². The SMILES string of the molecule is CC1(N(c2cc(C(F)(F)F)ccc2C(=O)NC23CC(C#N)(C2)C3)[SH](=O)=O)CC1. The zero-order valence-electron chi connectivity index (χ0n) is 15.0. The lowest BCUT2D eigenvalue weighted by atomic mass is 9.40. The standard InChI is InChI=1S/C18H18F3N3O3S/c1-15(4-5-15)24(28(26)27)13-6-11(18(19,20)21)2-3-12(13)14(25)23-17-7-16(8-17,9-17)10-22/h2-3,6,28H,4-5,7-9H2,1H3,(H,23,25).